The molecule has 1 aromatic carbocycles. The first-order chi connectivity index (χ1) is 7.39. The number of thioether (sulfide) groups is 1. The topological polar surface area (TPSA) is 32.3 Å². The molecule has 2 N–H and O–H groups in total. The smallest absolute Gasteiger partial charge is 0.382 e. The predicted octanol–water partition coefficient (Wildman–Crippen LogP) is 2.09. The SMILES string of the molecule is OC1(c2ccc(SC(F)(F)F)cc2)CNC1. The molecule has 0 saturated carbocycles. The Morgan fingerprint density at radius 1 is 1.19 bits per heavy atom. The van der Waals surface area contributed by atoms with Crippen molar-refractivity contribution in [3.63, 3.8) is 0 Å². The summed E-state index contributed by atoms with van der Waals surface area (Å²) < 4.78 is 36.2. The van der Waals surface area contributed by atoms with Gasteiger partial charge in [0.2, 0.25) is 0 Å². The van der Waals surface area contributed by atoms with Gasteiger partial charge in [0, 0.05) is 18.0 Å². The number of hydrogen-bond acceptors (Lipinski definition) is 3. The van der Waals surface area contributed by atoms with E-state index in [1.165, 1.54) is 24.3 Å². The lowest BCUT2D eigenvalue weighted by atomic mass is 9.88. The van der Waals surface area contributed by atoms with E-state index in [4.69, 9.17) is 0 Å². The summed E-state index contributed by atoms with van der Waals surface area (Å²) >= 11 is -0.152. The van der Waals surface area contributed by atoms with Gasteiger partial charge in [-0.05, 0) is 29.5 Å². The van der Waals surface area contributed by atoms with E-state index in [9.17, 15) is 18.3 Å². The van der Waals surface area contributed by atoms with Crippen molar-refractivity contribution in [1.29, 1.82) is 0 Å². The molecule has 88 valence electrons. The molecule has 0 aliphatic carbocycles. The molecule has 1 saturated heterocycles. The Bertz CT molecular complexity index is 373. The summed E-state index contributed by atoms with van der Waals surface area (Å²) in [6.07, 6.45) is 0. The molecule has 0 unspecified atom stereocenters. The van der Waals surface area contributed by atoms with Gasteiger partial charge >= 0.3 is 5.51 Å². The molecule has 0 amide bonds. The minimum Gasteiger partial charge on any atom is -0.382 e. The molecule has 0 radical (unpaired) electrons. The van der Waals surface area contributed by atoms with Crippen molar-refractivity contribution in [2.45, 2.75) is 16.0 Å². The van der Waals surface area contributed by atoms with Gasteiger partial charge in [-0.2, -0.15) is 13.2 Å². The van der Waals surface area contributed by atoms with Crippen LogP contribution in [-0.4, -0.2) is 23.7 Å². The van der Waals surface area contributed by atoms with E-state index < -0.39 is 11.1 Å². The third kappa shape index (κ3) is 2.50. The fourth-order valence-electron chi connectivity index (χ4n) is 1.53. The van der Waals surface area contributed by atoms with E-state index in [2.05, 4.69) is 5.32 Å². The molecule has 0 spiro atoms. The van der Waals surface area contributed by atoms with Crippen LogP contribution < -0.4 is 5.32 Å². The van der Waals surface area contributed by atoms with Gasteiger partial charge < -0.3 is 10.4 Å². The van der Waals surface area contributed by atoms with Crippen LogP contribution in [0.5, 0.6) is 0 Å². The highest BCUT2D eigenvalue weighted by Crippen LogP contribution is 2.37. The van der Waals surface area contributed by atoms with Gasteiger partial charge in [-0.1, -0.05) is 12.1 Å². The second kappa shape index (κ2) is 3.94. The second-order valence-electron chi connectivity index (χ2n) is 3.71. The molecule has 1 fully saturated rings. The van der Waals surface area contributed by atoms with E-state index in [1.54, 1.807) is 0 Å². The fraction of sp³-hybridized carbons (Fsp3) is 0.400. The van der Waals surface area contributed by atoms with E-state index in [-0.39, 0.29) is 16.7 Å². The maximum Gasteiger partial charge on any atom is 0.446 e. The van der Waals surface area contributed by atoms with E-state index >= 15 is 0 Å². The summed E-state index contributed by atoms with van der Waals surface area (Å²) in [7, 11) is 0. The fourth-order valence-corrected chi connectivity index (χ4v) is 2.07. The van der Waals surface area contributed by atoms with Crippen LogP contribution >= 0.6 is 11.8 Å². The van der Waals surface area contributed by atoms with Gasteiger partial charge in [0.05, 0.1) is 0 Å². The first kappa shape index (κ1) is 11.8. The number of alkyl halides is 3. The maximum atomic E-state index is 12.1. The number of rotatable bonds is 2. The lowest BCUT2D eigenvalue weighted by Gasteiger charge is -2.38. The van der Waals surface area contributed by atoms with Gasteiger partial charge in [0.1, 0.15) is 5.60 Å². The van der Waals surface area contributed by atoms with Gasteiger partial charge in [0.25, 0.3) is 0 Å². The number of nitrogens with one attached hydrogen (secondary N) is 1. The molecule has 1 heterocycles. The Morgan fingerprint density at radius 3 is 2.12 bits per heavy atom. The summed E-state index contributed by atoms with van der Waals surface area (Å²) in [5.74, 6) is 0. The highest BCUT2D eigenvalue weighted by Gasteiger charge is 2.36. The third-order valence-corrected chi connectivity index (χ3v) is 3.20. The maximum absolute atomic E-state index is 12.1. The summed E-state index contributed by atoms with van der Waals surface area (Å²) in [6, 6.07) is 5.83. The Labute approximate surface area is 94.8 Å². The van der Waals surface area contributed by atoms with Gasteiger partial charge in [-0.3, -0.25) is 0 Å². The molecule has 1 aliphatic rings. The summed E-state index contributed by atoms with van der Waals surface area (Å²) in [5.41, 5.74) is -4.53. The van der Waals surface area contributed by atoms with Crippen LogP contribution in [0.25, 0.3) is 0 Å². The Kier molecular flexibility index (Phi) is 2.90. The van der Waals surface area contributed by atoms with Crippen molar-refractivity contribution in [3.05, 3.63) is 29.8 Å². The van der Waals surface area contributed by atoms with Crippen molar-refractivity contribution in [2.24, 2.45) is 0 Å². The van der Waals surface area contributed by atoms with Crippen LogP contribution in [0.4, 0.5) is 13.2 Å². The number of benzene rings is 1. The molecule has 2 rings (SSSR count). The molecule has 0 atom stereocenters. The monoisotopic (exact) mass is 249 g/mol. The third-order valence-electron chi connectivity index (χ3n) is 2.46. The molecule has 1 aromatic rings. The van der Waals surface area contributed by atoms with Gasteiger partial charge in [-0.25, -0.2) is 0 Å². The molecule has 16 heavy (non-hydrogen) atoms. The number of halogens is 3. The largest absolute Gasteiger partial charge is 0.446 e. The first-order valence-corrected chi connectivity index (χ1v) is 5.50. The van der Waals surface area contributed by atoms with Crippen LogP contribution in [-0.2, 0) is 5.60 Å². The van der Waals surface area contributed by atoms with Crippen molar-refractivity contribution in [1.82, 2.24) is 5.32 Å². The first-order valence-electron chi connectivity index (χ1n) is 4.68. The molecular formula is C10H10F3NOS. The van der Waals surface area contributed by atoms with E-state index in [1.807, 2.05) is 0 Å². The molecule has 0 aromatic heterocycles. The number of β-amino-alcohol motifs (C(OH)–C–C–N with tert-alkyl or cyclic N) is 1. The molecule has 1 aliphatic heterocycles. The van der Waals surface area contributed by atoms with Crippen LogP contribution in [0.15, 0.2) is 29.2 Å². The van der Waals surface area contributed by atoms with Gasteiger partial charge in [-0.15, -0.1) is 0 Å². The van der Waals surface area contributed by atoms with Crippen LogP contribution in [0.1, 0.15) is 5.56 Å². The molecule has 2 nitrogen and oxygen atoms in total. The number of aliphatic hydroxyl groups is 1. The lowest BCUT2D eigenvalue weighted by molar-refractivity contribution is -0.0328. The van der Waals surface area contributed by atoms with Crippen LogP contribution in [0.2, 0.25) is 0 Å². The molecule has 0 bridgehead atoms. The predicted molar refractivity (Wildman–Crippen MR) is 55.1 cm³/mol. The van der Waals surface area contributed by atoms with E-state index in [0.717, 1.165) is 0 Å². The van der Waals surface area contributed by atoms with Gasteiger partial charge in [0.15, 0.2) is 0 Å². The minimum atomic E-state index is -4.27. The number of hydrogen-bond donors (Lipinski definition) is 2. The Morgan fingerprint density at radius 2 is 1.75 bits per heavy atom. The molecular weight excluding hydrogens is 239 g/mol. The standard InChI is InChI=1S/C10H10F3NOS/c11-10(12,13)16-8-3-1-7(2-4-8)9(15)5-14-6-9/h1-4,14-15H,5-6H2. The summed E-state index contributed by atoms with van der Waals surface area (Å²) in [6.45, 7) is 0.886. The quantitative estimate of drug-likeness (QED) is 0.787. The zero-order valence-electron chi connectivity index (χ0n) is 8.21. The Hall–Kier alpha value is -0.720. The lowest BCUT2D eigenvalue weighted by Crippen LogP contribution is -2.56. The van der Waals surface area contributed by atoms with Crippen molar-refractivity contribution in [2.75, 3.05) is 13.1 Å². The average molecular weight is 249 g/mol. The Balaban J connectivity index is 2.10. The highest BCUT2D eigenvalue weighted by atomic mass is 32.2. The van der Waals surface area contributed by atoms with Crippen molar-refractivity contribution < 1.29 is 18.3 Å². The summed E-state index contributed by atoms with van der Waals surface area (Å²) in [4.78, 5) is 0.132. The highest BCUT2D eigenvalue weighted by molar-refractivity contribution is 8.00. The molecule has 6 heteroatoms. The average Bonchev–Trinajstić information content (AvgIpc) is 2.13. The van der Waals surface area contributed by atoms with Crippen LogP contribution in [0, 0.1) is 0 Å². The normalized spacial score (nSPS) is 19.2. The van der Waals surface area contributed by atoms with Crippen molar-refractivity contribution >= 4 is 11.8 Å². The zero-order chi connectivity index (χ0) is 11.8. The van der Waals surface area contributed by atoms with E-state index in [0.29, 0.717) is 18.7 Å². The second-order valence-corrected chi connectivity index (χ2v) is 4.85. The summed E-state index contributed by atoms with van der Waals surface area (Å²) in [5, 5.41) is 12.8. The minimum absolute atomic E-state index is 0.132. The van der Waals surface area contributed by atoms with Crippen molar-refractivity contribution in [3.8, 4) is 0 Å². The van der Waals surface area contributed by atoms with Crippen LogP contribution in [0.3, 0.4) is 0 Å². The zero-order valence-corrected chi connectivity index (χ0v) is 9.03.